The van der Waals surface area contributed by atoms with E-state index in [9.17, 15) is 9.18 Å². The maximum atomic E-state index is 14.1. The lowest BCUT2D eigenvalue weighted by atomic mass is 10.0. The van der Waals surface area contributed by atoms with Gasteiger partial charge in [-0.05, 0) is 36.4 Å². The van der Waals surface area contributed by atoms with Crippen LogP contribution in [0.3, 0.4) is 0 Å². The third-order valence-electron chi connectivity index (χ3n) is 5.50. The Hall–Kier alpha value is -3.72. The fourth-order valence-corrected chi connectivity index (χ4v) is 3.93. The largest absolute Gasteiger partial charge is 0.484 e. The molecule has 0 saturated carbocycles. The molecule has 0 unspecified atom stereocenters. The Balaban J connectivity index is 1.35. The van der Waals surface area contributed by atoms with Crippen LogP contribution in [0.2, 0.25) is 5.02 Å². The van der Waals surface area contributed by atoms with E-state index in [0.29, 0.717) is 36.0 Å². The highest BCUT2D eigenvalue weighted by Crippen LogP contribution is 2.31. The van der Waals surface area contributed by atoms with E-state index in [1.165, 1.54) is 6.07 Å². The van der Waals surface area contributed by atoms with Gasteiger partial charge in [-0.15, -0.1) is 10.2 Å². The summed E-state index contributed by atoms with van der Waals surface area (Å²) in [7, 11) is 1.83. The van der Waals surface area contributed by atoms with Crippen molar-refractivity contribution in [1.29, 1.82) is 0 Å². The van der Waals surface area contributed by atoms with E-state index in [-0.39, 0.29) is 29.9 Å². The van der Waals surface area contributed by atoms with Crippen molar-refractivity contribution < 1.29 is 18.3 Å². The molecule has 1 aliphatic rings. The van der Waals surface area contributed by atoms with Crippen molar-refractivity contribution in [2.24, 2.45) is 7.05 Å². The number of halogens is 2. The van der Waals surface area contributed by atoms with Crippen LogP contribution >= 0.6 is 11.6 Å². The number of benzene rings is 2. The molecule has 2 aromatic heterocycles. The summed E-state index contributed by atoms with van der Waals surface area (Å²) in [5.41, 5.74) is 2.52. The summed E-state index contributed by atoms with van der Waals surface area (Å²) in [6, 6.07) is 13.0. The lowest BCUT2D eigenvalue weighted by Crippen LogP contribution is -2.39. The monoisotopic (exact) mass is 467 g/mol. The quantitative estimate of drug-likeness (QED) is 0.442. The summed E-state index contributed by atoms with van der Waals surface area (Å²) in [5, 5.41) is 13.2. The van der Waals surface area contributed by atoms with Crippen molar-refractivity contribution in [1.82, 2.24) is 24.9 Å². The van der Waals surface area contributed by atoms with Crippen LogP contribution in [0.15, 0.2) is 52.9 Å². The highest BCUT2D eigenvalue weighted by atomic mass is 35.5. The molecule has 8 nitrogen and oxygen atoms in total. The predicted molar refractivity (Wildman–Crippen MR) is 118 cm³/mol. The first kappa shape index (κ1) is 21.1. The molecule has 1 aliphatic heterocycles. The lowest BCUT2D eigenvalue weighted by molar-refractivity contribution is -0.134. The number of fused-ring (bicyclic) bond motifs is 1. The van der Waals surface area contributed by atoms with Gasteiger partial charge in [0.2, 0.25) is 0 Å². The lowest BCUT2D eigenvalue weighted by Gasteiger charge is -2.27. The molecule has 1 amide bonds. The zero-order valence-corrected chi connectivity index (χ0v) is 18.4. The number of aryl methyl sites for hydroxylation is 1. The molecule has 10 heteroatoms. The number of nitrogens with zero attached hydrogens (tertiary/aromatic N) is 5. The molecule has 0 aliphatic carbocycles. The Morgan fingerprint density at radius 1 is 1.15 bits per heavy atom. The molecular weight excluding hydrogens is 449 g/mol. The number of ether oxygens (including phenoxy) is 1. The van der Waals surface area contributed by atoms with E-state index in [1.807, 2.05) is 7.05 Å². The molecule has 5 rings (SSSR count). The smallest absolute Gasteiger partial charge is 0.268 e. The Morgan fingerprint density at radius 3 is 2.70 bits per heavy atom. The first-order chi connectivity index (χ1) is 16.0. The zero-order valence-electron chi connectivity index (χ0n) is 17.7. The zero-order chi connectivity index (χ0) is 22.9. The van der Waals surface area contributed by atoms with E-state index in [4.69, 9.17) is 20.8 Å². The van der Waals surface area contributed by atoms with Gasteiger partial charge in [-0.2, -0.15) is 5.10 Å². The van der Waals surface area contributed by atoms with E-state index in [0.717, 1.165) is 11.3 Å². The van der Waals surface area contributed by atoms with Crippen molar-refractivity contribution in [3.8, 4) is 28.8 Å². The topological polar surface area (TPSA) is 86.3 Å². The SMILES string of the molecule is Cn1nc(-c2nnc(-c3ccccc3F)o2)c2c1CCN(C(=O)COc1ccc(Cl)cc1)C2. The minimum Gasteiger partial charge on any atom is -0.484 e. The molecule has 2 aromatic carbocycles. The molecule has 0 fully saturated rings. The first-order valence-corrected chi connectivity index (χ1v) is 10.7. The first-order valence-electron chi connectivity index (χ1n) is 10.3. The van der Waals surface area contributed by atoms with Gasteiger partial charge >= 0.3 is 0 Å². The minimum absolute atomic E-state index is 0.0719. The van der Waals surface area contributed by atoms with Gasteiger partial charge in [0, 0.05) is 42.8 Å². The second kappa shape index (κ2) is 8.67. The van der Waals surface area contributed by atoms with E-state index >= 15 is 0 Å². The van der Waals surface area contributed by atoms with Crippen LogP contribution in [0.4, 0.5) is 4.39 Å². The summed E-state index contributed by atoms with van der Waals surface area (Å²) in [6.45, 7) is 0.780. The van der Waals surface area contributed by atoms with Crippen LogP contribution < -0.4 is 4.74 Å². The molecule has 3 heterocycles. The van der Waals surface area contributed by atoms with Gasteiger partial charge in [-0.1, -0.05) is 23.7 Å². The second-order valence-electron chi connectivity index (χ2n) is 7.60. The molecule has 0 N–H and O–H groups in total. The third-order valence-corrected chi connectivity index (χ3v) is 5.75. The fraction of sp³-hybridized carbons (Fsp3) is 0.217. The molecule has 168 valence electrons. The van der Waals surface area contributed by atoms with Crippen molar-refractivity contribution in [3.05, 3.63) is 70.6 Å². The standard InChI is InChI=1S/C23H19ClFN5O3/c1-29-19-10-11-30(20(31)13-32-15-8-6-14(24)7-9-15)12-17(19)21(28-29)23-27-26-22(33-23)16-4-2-3-5-18(16)25/h2-9H,10-13H2,1H3. The molecule has 0 bridgehead atoms. The fourth-order valence-electron chi connectivity index (χ4n) is 3.81. The van der Waals surface area contributed by atoms with Crippen molar-refractivity contribution in [3.63, 3.8) is 0 Å². The molecule has 0 saturated heterocycles. The van der Waals surface area contributed by atoms with Crippen molar-refractivity contribution in [2.75, 3.05) is 13.2 Å². The highest BCUT2D eigenvalue weighted by Gasteiger charge is 2.29. The molecule has 0 radical (unpaired) electrons. The third kappa shape index (κ3) is 4.19. The van der Waals surface area contributed by atoms with E-state index < -0.39 is 5.82 Å². The van der Waals surface area contributed by atoms with E-state index in [1.54, 1.807) is 52.0 Å². The molecular formula is C23H19ClFN5O3. The summed E-state index contributed by atoms with van der Waals surface area (Å²) < 4.78 is 27.2. The van der Waals surface area contributed by atoms with Crippen molar-refractivity contribution in [2.45, 2.75) is 13.0 Å². The van der Waals surface area contributed by atoms with Crippen LogP contribution in [0.5, 0.6) is 5.75 Å². The molecule has 4 aromatic rings. The van der Waals surface area contributed by atoms with Crippen LogP contribution in [-0.4, -0.2) is 43.9 Å². The van der Waals surface area contributed by atoms with Crippen LogP contribution in [0.1, 0.15) is 11.3 Å². The Labute approximate surface area is 193 Å². The highest BCUT2D eigenvalue weighted by molar-refractivity contribution is 6.30. The maximum absolute atomic E-state index is 14.1. The average molecular weight is 468 g/mol. The van der Waals surface area contributed by atoms with E-state index in [2.05, 4.69) is 15.3 Å². The van der Waals surface area contributed by atoms with Gasteiger partial charge in [-0.25, -0.2) is 4.39 Å². The number of rotatable bonds is 5. The summed E-state index contributed by atoms with van der Waals surface area (Å²) >= 11 is 5.88. The average Bonchev–Trinajstić information content (AvgIpc) is 3.43. The van der Waals surface area contributed by atoms with Crippen LogP contribution in [0.25, 0.3) is 23.0 Å². The second-order valence-corrected chi connectivity index (χ2v) is 8.03. The maximum Gasteiger partial charge on any atom is 0.268 e. The van der Waals surface area contributed by atoms with Gasteiger partial charge in [0.25, 0.3) is 17.7 Å². The van der Waals surface area contributed by atoms with Gasteiger partial charge in [0.05, 0.1) is 5.56 Å². The van der Waals surface area contributed by atoms with Gasteiger partial charge in [0.1, 0.15) is 11.6 Å². The number of carbonyl (C=O) groups excluding carboxylic acids is 1. The minimum atomic E-state index is -0.451. The Morgan fingerprint density at radius 2 is 1.91 bits per heavy atom. The predicted octanol–water partition coefficient (Wildman–Crippen LogP) is 3.89. The Kier molecular flexibility index (Phi) is 5.55. The Bertz CT molecular complexity index is 1320. The number of aromatic nitrogens is 4. The number of amides is 1. The number of carbonyl (C=O) groups is 1. The normalized spacial score (nSPS) is 13.1. The summed E-state index contributed by atoms with van der Waals surface area (Å²) in [5.74, 6) is 0.217. The summed E-state index contributed by atoms with van der Waals surface area (Å²) in [4.78, 5) is 14.5. The molecule has 0 spiro atoms. The van der Waals surface area contributed by atoms with Crippen molar-refractivity contribution >= 4 is 17.5 Å². The van der Waals surface area contributed by atoms with Gasteiger partial charge < -0.3 is 14.1 Å². The van der Waals surface area contributed by atoms with Crippen LogP contribution in [-0.2, 0) is 24.8 Å². The number of hydrogen-bond acceptors (Lipinski definition) is 6. The summed E-state index contributed by atoms with van der Waals surface area (Å²) in [6.07, 6.45) is 0.625. The van der Waals surface area contributed by atoms with Crippen LogP contribution in [0, 0.1) is 5.82 Å². The van der Waals surface area contributed by atoms with Gasteiger partial charge in [0.15, 0.2) is 12.3 Å². The molecule has 0 atom stereocenters. The van der Waals surface area contributed by atoms with Gasteiger partial charge in [-0.3, -0.25) is 9.48 Å². The molecule has 33 heavy (non-hydrogen) atoms. The number of hydrogen-bond donors (Lipinski definition) is 0.